The molecule has 1 aliphatic rings. The summed E-state index contributed by atoms with van der Waals surface area (Å²) >= 11 is 0. The third kappa shape index (κ3) is 2.69. The zero-order chi connectivity index (χ0) is 18.3. The predicted octanol–water partition coefficient (Wildman–Crippen LogP) is 2.63. The molecule has 0 atom stereocenters. The Bertz CT molecular complexity index is 1060. The van der Waals surface area contributed by atoms with Crippen molar-refractivity contribution in [1.29, 1.82) is 0 Å². The molecule has 0 bridgehead atoms. The van der Waals surface area contributed by atoms with Crippen LogP contribution in [-0.4, -0.2) is 38.1 Å². The fraction of sp³-hybridized carbons (Fsp3) is 0.200. The van der Waals surface area contributed by atoms with Gasteiger partial charge in [0.1, 0.15) is 12.4 Å². The number of para-hydroxylation sites is 1. The number of anilines is 2. The number of hydrogen-bond donors (Lipinski definition) is 1. The molecule has 3 aromatic rings. The number of fused-ring (bicyclic) bond motifs is 2. The number of nitrogens with zero attached hydrogens (tertiary/aromatic N) is 2. The average Bonchev–Trinajstić information content (AvgIpc) is 2.65. The minimum absolute atomic E-state index is 0.200. The first-order chi connectivity index (χ1) is 12.5. The minimum Gasteiger partial charge on any atom is -0.489 e. The van der Waals surface area contributed by atoms with E-state index in [0.717, 1.165) is 16.8 Å². The Hall–Kier alpha value is -3.28. The Morgan fingerprint density at radius 1 is 1.15 bits per heavy atom. The van der Waals surface area contributed by atoms with Crippen LogP contribution in [0.15, 0.2) is 53.3 Å². The minimum atomic E-state index is -0.288. The number of amides is 1. The van der Waals surface area contributed by atoms with Crippen LogP contribution in [0, 0.1) is 0 Å². The number of aromatic nitrogens is 1. The molecular formula is C20H19N3O3. The fourth-order valence-corrected chi connectivity index (χ4v) is 3.22. The van der Waals surface area contributed by atoms with Gasteiger partial charge in [-0.05, 0) is 18.2 Å². The van der Waals surface area contributed by atoms with Gasteiger partial charge in [0.15, 0.2) is 0 Å². The van der Waals surface area contributed by atoms with Gasteiger partial charge in [-0.1, -0.05) is 18.2 Å². The lowest BCUT2D eigenvalue weighted by Gasteiger charge is -2.30. The largest absolute Gasteiger partial charge is 0.489 e. The summed E-state index contributed by atoms with van der Waals surface area (Å²) in [5.74, 6) is 0.472. The van der Waals surface area contributed by atoms with Gasteiger partial charge in [0.05, 0.1) is 17.8 Å². The fourth-order valence-electron chi connectivity index (χ4n) is 3.22. The Morgan fingerprint density at radius 3 is 2.77 bits per heavy atom. The van der Waals surface area contributed by atoms with Crippen molar-refractivity contribution in [3.05, 3.63) is 64.4 Å². The first kappa shape index (κ1) is 16.2. The van der Waals surface area contributed by atoms with Crippen LogP contribution >= 0.6 is 0 Å². The molecule has 0 fully saturated rings. The summed E-state index contributed by atoms with van der Waals surface area (Å²) in [7, 11) is 3.91. The van der Waals surface area contributed by atoms with E-state index in [9.17, 15) is 9.59 Å². The van der Waals surface area contributed by atoms with Crippen LogP contribution in [0.4, 0.5) is 11.4 Å². The lowest BCUT2D eigenvalue weighted by Crippen LogP contribution is -2.38. The lowest BCUT2D eigenvalue weighted by atomic mass is 10.1. The van der Waals surface area contributed by atoms with Crippen LogP contribution in [0.5, 0.6) is 5.75 Å². The summed E-state index contributed by atoms with van der Waals surface area (Å²) in [5.41, 5.74) is 2.48. The highest BCUT2D eigenvalue weighted by Gasteiger charge is 2.26. The number of carbonyl (C=O) groups excluding carboxylic acids is 1. The van der Waals surface area contributed by atoms with E-state index in [2.05, 4.69) is 4.98 Å². The summed E-state index contributed by atoms with van der Waals surface area (Å²) in [6.07, 6.45) is 0. The molecule has 0 spiro atoms. The Morgan fingerprint density at radius 2 is 1.96 bits per heavy atom. The average molecular weight is 349 g/mol. The second-order valence-electron chi connectivity index (χ2n) is 6.44. The van der Waals surface area contributed by atoms with Gasteiger partial charge in [-0.15, -0.1) is 0 Å². The van der Waals surface area contributed by atoms with Crippen molar-refractivity contribution in [3.8, 4) is 5.75 Å². The van der Waals surface area contributed by atoms with E-state index >= 15 is 0 Å². The van der Waals surface area contributed by atoms with Crippen molar-refractivity contribution < 1.29 is 9.53 Å². The smallest absolute Gasteiger partial charge is 0.259 e. The molecule has 0 unspecified atom stereocenters. The van der Waals surface area contributed by atoms with Gasteiger partial charge >= 0.3 is 0 Å². The van der Waals surface area contributed by atoms with E-state index in [-0.39, 0.29) is 11.5 Å². The molecule has 26 heavy (non-hydrogen) atoms. The summed E-state index contributed by atoms with van der Waals surface area (Å²) in [6.45, 7) is 0.852. The van der Waals surface area contributed by atoms with E-state index in [4.69, 9.17) is 4.74 Å². The first-order valence-corrected chi connectivity index (χ1v) is 8.43. The highest BCUT2D eigenvalue weighted by atomic mass is 16.5. The van der Waals surface area contributed by atoms with Gasteiger partial charge in [0.2, 0.25) is 5.56 Å². The molecule has 132 valence electrons. The summed E-state index contributed by atoms with van der Waals surface area (Å²) in [5, 5.41) is 0.732. The van der Waals surface area contributed by atoms with E-state index in [0.29, 0.717) is 30.0 Å². The van der Waals surface area contributed by atoms with Crippen LogP contribution < -0.4 is 20.1 Å². The van der Waals surface area contributed by atoms with E-state index in [1.54, 1.807) is 11.0 Å². The zero-order valence-electron chi connectivity index (χ0n) is 14.7. The number of ether oxygens (including phenoxy) is 1. The lowest BCUT2D eigenvalue weighted by molar-refractivity contribution is 0.0978. The molecular weight excluding hydrogens is 330 g/mol. The topological polar surface area (TPSA) is 65.6 Å². The molecule has 0 saturated heterocycles. The Kier molecular flexibility index (Phi) is 3.88. The van der Waals surface area contributed by atoms with Crippen molar-refractivity contribution in [2.45, 2.75) is 0 Å². The van der Waals surface area contributed by atoms with Gasteiger partial charge in [0.25, 0.3) is 5.91 Å². The van der Waals surface area contributed by atoms with Crippen LogP contribution in [0.1, 0.15) is 10.4 Å². The molecule has 2 heterocycles. The third-order valence-corrected chi connectivity index (χ3v) is 4.55. The first-order valence-electron chi connectivity index (χ1n) is 8.43. The van der Waals surface area contributed by atoms with Gasteiger partial charge in [0, 0.05) is 42.8 Å². The van der Waals surface area contributed by atoms with Crippen molar-refractivity contribution in [2.24, 2.45) is 0 Å². The number of nitrogens with one attached hydrogen (secondary N) is 1. The van der Waals surface area contributed by atoms with E-state index in [1.807, 2.05) is 55.4 Å². The molecule has 1 aliphatic heterocycles. The van der Waals surface area contributed by atoms with Crippen molar-refractivity contribution in [2.75, 3.05) is 37.0 Å². The molecule has 6 heteroatoms. The molecule has 2 aromatic carbocycles. The van der Waals surface area contributed by atoms with Crippen LogP contribution in [0.3, 0.4) is 0 Å². The monoisotopic (exact) mass is 349 g/mol. The van der Waals surface area contributed by atoms with Gasteiger partial charge in [-0.25, -0.2) is 0 Å². The molecule has 6 nitrogen and oxygen atoms in total. The van der Waals surface area contributed by atoms with Crippen molar-refractivity contribution in [3.63, 3.8) is 0 Å². The van der Waals surface area contributed by atoms with Crippen LogP contribution in [0.2, 0.25) is 0 Å². The summed E-state index contributed by atoms with van der Waals surface area (Å²) in [6, 6.07) is 14.5. The van der Waals surface area contributed by atoms with Crippen LogP contribution in [0.25, 0.3) is 10.9 Å². The Labute approximate surface area is 150 Å². The third-order valence-electron chi connectivity index (χ3n) is 4.55. The number of benzene rings is 2. The van der Waals surface area contributed by atoms with E-state index in [1.165, 1.54) is 6.07 Å². The standard InChI is InChI=1S/C20H19N3O3/c1-22(2)13-7-8-17-18(11-13)26-10-9-23(17)20(25)15-12-19(24)21-16-6-4-3-5-14(15)16/h3-8,11-12H,9-10H2,1-2H3,(H,21,24). The van der Waals surface area contributed by atoms with Crippen molar-refractivity contribution >= 4 is 28.2 Å². The quantitative estimate of drug-likeness (QED) is 0.772. The SMILES string of the molecule is CN(C)c1ccc2c(c1)OCCN2C(=O)c1cc(=O)[nH]c2ccccc12. The second-order valence-corrected chi connectivity index (χ2v) is 6.44. The maximum atomic E-state index is 13.3. The highest BCUT2D eigenvalue weighted by molar-refractivity contribution is 6.14. The number of aromatic amines is 1. The maximum absolute atomic E-state index is 13.3. The zero-order valence-corrected chi connectivity index (χ0v) is 14.7. The normalized spacial score (nSPS) is 13.2. The number of rotatable bonds is 2. The Balaban J connectivity index is 1.81. The molecule has 0 radical (unpaired) electrons. The maximum Gasteiger partial charge on any atom is 0.259 e. The summed E-state index contributed by atoms with van der Waals surface area (Å²) < 4.78 is 5.75. The van der Waals surface area contributed by atoms with Crippen LogP contribution in [-0.2, 0) is 0 Å². The van der Waals surface area contributed by atoms with E-state index < -0.39 is 0 Å². The number of carbonyl (C=O) groups is 1. The summed E-state index contributed by atoms with van der Waals surface area (Å²) in [4.78, 5) is 31.7. The molecule has 1 aromatic heterocycles. The predicted molar refractivity (Wildman–Crippen MR) is 103 cm³/mol. The van der Waals surface area contributed by atoms with Crippen molar-refractivity contribution in [1.82, 2.24) is 4.98 Å². The number of hydrogen-bond acceptors (Lipinski definition) is 4. The van der Waals surface area contributed by atoms with Gasteiger partial charge < -0.3 is 19.5 Å². The second kappa shape index (κ2) is 6.22. The number of H-pyrrole nitrogens is 1. The molecule has 4 rings (SSSR count). The molecule has 1 N–H and O–H groups in total. The highest BCUT2D eigenvalue weighted by Crippen LogP contribution is 2.36. The van der Waals surface area contributed by atoms with Gasteiger partial charge in [-0.3, -0.25) is 9.59 Å². The molecule has 0 saturated carbocycles. The van der Waals surface area contributed by atoms with Gasteiger partial charge in [-0.2, -0.15) is 0 Å². The molecule has 1 amide bonds. The number of pyridine rings is 1. The molecule has 0 aliphatic carbocycles.